The first-order chi connectivity index (χ1) is 7.95. The molecule has 0 heterocycles. The van der Waals surface area contributed by atoms with Crippen molar-refractivity contribution in [3.63, 3.8) is 0 Å². The summed E-state index contributed by atoms with van der Waals surface area (Å²) < 4.78 is 25.8. The molecule has 0 aromatic heterocycles. The zero-order chi connectivity index (χ0) is 12.9. The summed E-state index contributed by atoms with van der Waals surface area (Å²) in [5.74, 6) is 0. The highest BCUT2D eigenvalue weighted by Gasteiger charge is 2.12. The van der Waals surface area contributed by atoms with Gasteiger partial charge in [-0.3, -0.25) is 0 Å². The van der Waals surface area contributed by atoms with Gasteiger partial charge in [0, 0.05) is 17.2 Å². The molecule has 90 valence electrons. The van der Waals surface area contributed by atoms with Gasteiger partial charge in [0.05, 0.1) is 4.90 Å². The summed E-state index contributed by atoms with van der Waals surface area (Å²) in [6, 6.07) is 6.43. The van der Waals surface area contributed by atoms with E-state index in [0.29, 0.717) is 0 Å². The molecule has 1 aromatic carbocycles. The molecule has 0 amide bonds. The maximum absolute atomic E-state index is 11.8. The lowest BCUT2D eigenvalue weighted by Crippen LogP contribution is -2.25. The number of nitrogens with one attached hydrogen (secondary N) is 1. The number of benzene rings is 1. The van der Waals surface area contributed by atoms with E-state index in [2.05, 4.69) is 21.3 Å². The second kappa shape index (κ2) is 5.49. The van der Waals surface area contributed by atoms with Gasteiger partial charge in [0.15, 0.2) is 0 Å². The topological polar surface area (TPSA) is 94.9 Å². The lowest BCUT2D eigenvalue weighted by Gasteiger charge is -2.06. The zero-order valence-electron chi connectivity index (χ0n) is 9.29. The van der Waals surface area contributed by atoms with Crippen LogP contribution in [-0.4, -0.2) is 15.0 Å². The highest BCUT2D eigenvalue weighted by atomic mass is 32.2. The summed E-state index contributed by atoms with van der Waals surface area (Å²) in [4.78, 5) is 2.67. The molecule has 0 spiro atoms. The van der Waals surface area contributed by atoms with Crippen molar-refractivity contribution in [1.29, 1.82) is 0 Å². The molecule has 0 saturated carbocycles. The number of nitrogens with zero attached hydrogens (tertiary/aromatic N) is 3. The quantitative estimate of drug-likeness (QED) is 0.493. The van der Waals surface area contributed by atoms with Crippen molar-refractivity contribution < 1.29 is 8.42 Å². The number of azide groups is 1. The summed E-state index contributed by atoms with van der Waals surface area (Å²) in [5, 5.41) is 3.19. The van der Waals surface area contributed by atoms with E-state index in [4.69, 9.17) is 5.53 Å². The van der Waals surface area contributed by atoms with E-state index >= 15 is 0 Å². The Morgan fingerprint density at radius 3 is 2.59 bits per heavy atom. The van der Waals surface area contributed by atoms with Crippen LogP contribution >= 0.6 is 0 Å². The molecule has 7 heteroatoms. The monoisotopic (exact) mass is 252 g/mol. The molecule has 0 saturated heterocycles. The predicted molar refractivity (Wildman–Crippen MR) is 64.7 cm³/mol. The standard InChI is InChI=1S/C10H12N4O2S/c1-8-3-5-10(6-4-8)17(15,16)12-7-9(2)13-14-11/h3-6,12H,2,7H2,1H3. The third kappa shape index (κ3) is 3.92. The third-order valence-corrected chi connectivity index (χ3v) is 3.40. The van der Waals surface area contributed by atoms with E-state index in [1.807, 2.05) is 6.92 Å². The lowest BCUT2D eigenvalue weighted by atomic mass is 10.2. The summed E-state index contributed by atoms with van der Waals surface area (Å²) in [7, 11) is -3.58. The largest absolute Gasteiger partial charge is 0.240 e. The van der Waals surface area contributed by atoms with Crippen molar-refractivity contribution in [2.24, 2.45) is 5.11 Å². The maximum Gasteiger partial charge on any atom is 0.240 e. The normalized spacial score (nSPS) is 10.6. The van der Waals surface area contributed by atoms with Crippen LogP contribution in [0.3, 0.4) is 0 Å². The Morgan fingerprint density at radius 2 is 2.06 bits per heavy atom. The minimum Gasteiger partial charge on any atom is -0.207 e. The molecule has 0 fully saturated rings. The Labute approximate surface area is 99.6 Å². The summed E-state index contributed by atoms with van der Waals surface area (Å²) in [5.41, 5.74) is 9.22. The smallest absolute Gasteiger partial charge is 0.207 e. The van der Waals surface area contributed by atoms with Crippen LogP contribution in [0, 0.1) is 6.92 Å². The van der Waals surface area contributed by atoms with Gasteiger partial charge in [-0.05, 0) is 24.6 Å². The maximum atomic E-state index is 11.8. The summed E-state index contributed by atoms with van der Waals surface area (Å²) in [6.45, 7) is 5.17. The van der Waals surface area contributed by atoms with Gasteiger partial charge in [-0.15, -0.1) is 0 Å². The van der Waals surface area contributed by atoms with Crippen LogP contribution < -0.4 is 4.72 Å². The molecule has 0 bridgehead atoms. The Hall–Kier alpha value is -1.82. The average Bonchev–Trinajstić information content (AvgIpc) is 2.28. The first-order valence-corrected chi connectivity index (χ1v) is 6.23. The van der Waals surface area contributed by atoms with Gasteiger partial charge in [0.2, 0.25) is 10.0 Å². The summed E-state index contributed by atoms with van der Waals surface area (Å²) >= 11 is 0. The molecule has 1 N–H and O–H groups in total. The fraction of sp³-hybridized carbons (Fsp3) is 0.200. The molecule has 0 atom stereocenters. The Kier molecular flexibility index (Phi) is 4.28. The molecule has 0 aliphatic heterocycles. The Bertz CT molecular complexity index is 556. The SMILES string of the molecule is C=C(CNS(=O)(=O)c1ccc(C)cc1)N=[N+]=[N-]. The number of hydrogen-bond donors (Lipinski definition) is 1. The van der Waals surface area contributed by atoms with Gasteiger partial charge < -0.3 is 0 Å². The van der Waals surface area contributed by atoms with E-state index in [1.54, 1.807) is 12.1 Å². The molecule has 1 aromatic rings. The van der Waals surface area contributed by atoms with Gasteiger partial charge in [-0.2, -0.15) is 0 Å². The molecule has 0 radical (unpaired) electrons. The molecule has 6 nitrogen and oxygen atoms in total. The Balaban J connectivity index is 2.79. The lowest BCUT2D eigenvalue weighted by molar-refractivity contribution is 0.584. The fourth-order valence-electron chi connectivity index (χ4n) is 1.08. The van der Waals surface area contributed by atoms with Crippen LogP contribution in [0.25, 0.3) is 10.4 Å². The van der Waals surface area contributed by atoms with E-state index in [-0.39, 0.29) is 17.1 Å². The Morgan fingerprint density at radius 1 is 1.47 bits per heavy atom. The van der Waals surface area contributed by atoms with E-state index in [0.717, 1.165) is 5.56 Å². The summed E-state index contributed by atoms with van der Waals surface area (Å²) in [6.07, 6.45) is 0. The highest BCUT2D eigenvalue weighted by molar-refractivity contribution is 7.89. The van der Waals surface area contributed by atoms with E-state index < -0.39 is 10.0 Å². The molecule has 0 aliphatic rings. The van der Waals surface area contributed by atoms with Crippen LogP contribution in [0.15, 0.2) is 46.6 Å². The van der Waals surface area contributed by atoms with Crippen LogP contribution in [0.2, 0.25) is 0 Å². The van der Waals surface area contributed by atoms with Gasteiger partial charge in [-0.25, -0.2) is 13.1 Å². The van der Waals surface area contributed by atoms with Crippen molar-refractivity contribution in [1.82, 2.24) is 4.72 Å². The van der Waals surface area contributed by atoms with Crippen molar-refractivity contribution in [3.8, 4) is 0 Å². The van der Waals surface area contributed by atoms with Crippen LogP contribution in [-0.2, 0) is 10.0 Å². The van der Waals surface area contributed by atoms with Crippen molar-refractivity contribution >= 4 is 10.0 Å². The second-order valence-corrected chi connectivity index (χ2v) is 5.16. The first kappa shape index (κ1) is 13.2. The highest BCUT2D eigenvalue weighted by Crippen LogP contribution is 2.09. The molecule has 17 heavy (non-hydrogen) atoms. The van der Waals surface area contributed by atoms with Crippen molar-refractivity contribution in [3.05, 3.63) is 52.5 Å². The number of rotatable bonds is 5. The number of aryl methyl sites for hydroxylation is 1. The first-order valence-electron chi connectivity index (χ1n) is 4.75. The predicted octanol–water partition coefficient (Wildman–Crippen LogP) is 2.10. The molecule has 1 rings (SSSR count). The van der Waals surface area contributed by atoms with Gasteiger partial charge in [0.1, 0.15) is 0 Å². The minimum absolute atomic E-state index is 0.111. The molecule has 0 aliphatic carbocycles. The van der Waals surface area contributed by atoms with Crippen LogP contribution in [0.4, 0.5) is 0 Å². The minimum atomic E-state index is -3.58. The van der Waals surface area contributed by atoms with Gasteiger partial charge in [0.25, 0.3) is 0 Å². The number of sulfonamides is 1. The molecular weight excluding hydrogens is 240 g/mol. The van der Waals surface area contributed by atoms with E-state index in [1.165, 1.54) is 12.1 Å². The van der Waals surface area contributed by atoms with E-state index in [9.17, 15) is 8.42 Å². The number of hydrogen-bond acceptors (Lipinski definition) is 3. The zero-order valence-corrected chi connectivity index (χ0v) is 10.1. The second-order valence-electron chi connectivity index (χ2n) is 3.39. The molecule has 0 unspecified atom stereocenters. The average molecular weight is 252 g/mol. The van der Waals surface area contributed by atoms with Crippen molar-refractivity contribution in [2.75, 3.05) is 6.54 Å². The van der Waals surface area contributed by atoms with Crippen molar-refractivity contribution in [2.45, 2.75) is 11.8 Å². The molecular formula is C10H12N4O2S. The van der Waals surface area contributed by atoms with Crippen LogP contribution in [0.1, 0.15) is 5.56 Å². The van der Waals surface area contributed by atoms with Gasteiger partial charge >= 0.3 is 0 Å². The third-order valence-electron chi connectivity index (χ3n) is 1.98. The van der Waals surface area contributed by atoms with Gasteiger partial charge in [-0.1, -0.05) is 29.4 Å². The van der Waals surface area contributed by atoms with Crippen LogP contribution in [0.5, 0.6) is 0 Å². The fourth-order valence-corrected chi connectivity index (χ4v) is 2.10.